The lowest BCUT2D eigenvalue weighted by Gasteiger charge is -2.56. The van der Waals surface area contributed by atoms with Crippen LogP contribution in [0.1, 0.15) is 57.4 Å². The van der Waals surface area contributed by atoms with E-state index in [4.69, 9.17) is 4.74 Å². The van der Waals surface area contributed by atoms with Gasteiger partial charge in [0.05, 0.1) is 0 Å². The predicted octanol–water partition coefficient (Wildman–Crippen LogP) is 3.30. The van der Waals surface area contributed by atoms with Crippen molar-refractivity contribution in [2.24, 2.45) is 23.2 Å². The van der Waals surface area contributed by atoms with Crippen LogP contribution in [-0.2, 0) is 25.7 Å². The Bertz CT molecular complexity index is 772. The molecule has 4 aliphatic carbocycles. The number of carbonyl (C=O) groups is 3. The molecule has 0 aliphatic heterocycles. The molecule has 5 rings (SSSR count). The standard InChI is InChI=1S/C25H34N2O4/c1-2-27(16-18-6-4-3-5-7-18)23(29)17-31-24(30)15-26-22(28)14-25-11-19-8-20(12-25)10-21(9-19)13-25/h3-7,19-21H,2,8-17H2,1H3,(H,26,28). The summed E-state index contributed by atoms with van der Waals surface area (Å²) in [6.07, 6.45) is 8.06. The minimum absolute atomic E-state index is 0.0653. The van der Waals surface area contributed by atoms with Crippen molar-refractivity contribution in [2.45, 2.75) is 58.4 Å². The summed E-state index contributed by atoms with van der Waals surface area (Å²) in [5.41, 5.74) is 1.18. The SMILES string of the molecule is CCN(Cc1ccccc1)C(=O)COC(=O)CNC(=O)CC12CC3CC(CC(C3)C1)C2. The van der Waals surface area contributed by atoms with E-state index >= 15 is 0 Å². The van der Waals surface area contributed by atoms with Crippen molar-refractivity contribution >= 4 is 17.8 Å². The number of benzene rings is 1. The van der Waals surface area contributed by atoms with Crippen LogP contribution in [0.4, 0.5) is 0 Å². The Kier molecular flexibility index (Phi) is 6.63. The maximum absolute atomic E-state index is 12.5. The summed E-state index contributed by atoms with van der Waals surface area (Å²) in [6, 6.07) is 9.71. The summed E-state index contributed by atoms with van der Waals surface area (Å²) in [5, 5.41) is 2.73. The van der Waals surface area contributed by atoms with Crippen molar-refractivity contribution in [3.8, 4) is 0 Å². The number of ether oxygens (including phenoxy) is 1. The lowest BCUT2D eigenvalue weighted by molar-refractivity contribution is -0.152. The highest BCUT2D eigenvalue weighted by Crippen LogP contribution is 2.61. The first-order chi connectivity index (χ1) is 14.9. The van der Waals surface area contributed by atoms with Crippen LogP contribution in [0.25, 0.3) is 0 Å². The largest absolute Gasteiger partial charge is 0.454 e. The average molecular weight is 427 g/mol. The molecule has 0 radical (unpaired) electrons. The Morgan fingerprint density at radius 3 is 2.23 bits per heavy atom. The molecule has 4 saturated carbocycles. The molecule has 0 spiro atoms. The van der Waals surface area contributed by atoms with Crippen LogP contribution < -0.4 is 5.32 Å². The number of rotatable bonds is 9. The summed E-state index contributed by atoms with van der Waals surface area (Å²) in [4.78, 5) is 38.7. The van der Waals surface area contributed by atoms with E-state index in [9.17, 15) is 14.4 Å². The fourth-order valence-corrected chi connectivity index (χ4v) is 6.55. The van der Waals surface area contributed by atoms with Gasteiger partial charge in [-0.3, -0.25) is 14.4 Å². The van der Waals surface area contributed by atoms with E-state index in [1.165, 1.54) is 38.5 Å². The zero-order valence-electron chi connectivity index (χ0n) is 18.5. The van der Waals surface area contributed by atoms with Crippen molar-refractivity contribution < 1.29 is 19.1 Å². The fraction of sp³-hybridized carbons (Fsp3) is 0.640. The topological polar surface area (TPSA) is 75.7 Å². The van der Waals surface area contributed by atoms with Gasteiger partial charge in [0.2, 0.25) is 5.91 Å². The number of likely N-dealkylation sites (N-methyl/N-ethyl adjacent to an activating group) is 1. The molecule has 1 aromatic rings. The Morgan fingerprint density at radius 2 is 1.65 bits per heavy atom. The van der Waals surface area contributed by atoms with Gasteiger partial charge in [-0.1, -0.05) is 30.3 Å². The molecule has 31 heavy (non-hydrogen) atoms. The van der Waals surface area contributed by atoms with Crippen LogP contribution in [0.2, 0.25) is 0 Å². The molecule has 0 heterocycles. The van der Waals surface area contributed by atoms with Gasteiger partial charge in [-0.25, -0.2) is 0 Å². The summed E-state index contributed by atoms with van der Waals surface area (Å²) >= 11 is 0. The Balaban J connectivity index is 1.18. The quantitative estimate of drug-likeness (QED) is 0.615. The van der Waals surface area contributed by atoms with Gasteiger partial charge < -0.3 is 15.0 Å². The number of carbonyl (C=O) groups excluding carboxylic acids is 3. The summed E-state index contributed by atoms with van der Waals surface area (Å²) < 4.78 is 5.12. The zero-order valence-corrected chi connectivity index (χ0v) is 18.5. The first-order valence-electron chi connectivity index (χ1n) is 11.7. The summed E-state index contributed by atoms with van der Waals surface area (Å²) in [7, 11) is 0. The molecular formula is C25H34N2O4. The molecule has 2 amide bonds. The molecule has 6 nitrogen and oxygen atoms in total. The second-order valence-corrected chi connectivity index (χ2v) is 9.93. The minimum atomic E-state index is -0.567. The van der Waals surface area contributed by atoms with Crippen molar-refractivity contribution in [1.82, 2.24) is 10.2 Å². The molecule has 0 aromatic heterocycles. The highest BCUT2D eigenvalue weighted by molar-refractivity contribution is 5.84. The summed E-state index contributed by atoms with van der Waals surface area (Å²) in [6.45, 7) is 2.43. The molecule has 168 valence electrons. The van der Waals surface area contributed by atoms with Gasteiger partial charge in [0.1, 0.15) is 6.54 Å². The molecule has 4 aliphatic rings. The van der Waals surface area contributed by atoms with Gasteiger partial charge >= 0.3 is 5.97 Å². The Labute approximate surface area is 184 Å². The lowest BCUT2D eigenvalue weighted by Crippen LogP contribution is -2.48. The van der Waals surface area contributed by atoms with E-state index in [0.29, 0.717) is 19.5 Å². The van der Waals surface area contributed by atoms with E-state index in [1.54, 1.807) is 4.90 Å². The lowest BCUT2D eigenvalue weighted by atomic mass is 9.49. The van der Waals surface area contributed by atoms with Gasteiger partial charge in [0, 0.05) is 19.5 Å². The van der Waals surface area contributed by atoms with Gasteiger partial charge in [0.25, 0.3) is 5.91 Å². The zero-order chi connectivity index (χ0) is 21.8. The second kappa shape index (κ2) is 9.41. The highest BCUT2D eigenvalue weighted by atomic mass is 16.5. The van der Waals surface area contributed by atoms with E-state index in [2.05, 4.69) is 5.32 Å². The molecule has 1 aromatic carbocycles. The molecule has 1 N–H and O–H groups in total. The molecule has 0 atom stereocenters. The van der Waals surface area contributed by atoms with E-state index in [0.717, 1.165) is 23.3 Å². The summed E-state index contributed by atoms with van der Waals surface area (Å²) in [5.74, 6) is 1.53. The number of amides is 2. The highest BCUT2D eigenvalue weighted by Gasteiger charge is 2.51. The molecular weight excluding hydrogens is 392 g/mol. The molecule has 0 saturated heterocycles. The molecule has 4 fully saturated rings. The van der Waals surface area contributed by atoms with Crippen LogP contribution >= 0.6 is 0 Å². The molecule has 4 bridgehead atoms. The van der Waals surface area contributed by atoms with Gasteiger partial charge in [-0.15, -0.1) is 0 Å². The van der Waals surface area contributed by atoms with Gasteiger partial charge in [-0.05, 0) is 74.2 Å². The minimum Gasteiger partial charge on any atom is -0.454 e. The third-order valence-electron chi connectivity index (χ3n) is 7.44. The van der Waals surface area contributed by atoms with Crippen LogP contribution in [0.15, 0.2) is 30.3 Å². The average Bonchev–Trinajstić information content (AvgIpc) is 2.73. The maximum Gasteiger partial charge on any atom is 0.325 e. The Hall–Kier alpha value is -2.37. The smallest absolute Gasteiger partial charge is 0.325 e. The first kappa shape index (κ1) is 21.8. The third-order valence-corrected chi connectivity index (χ3v) is 7.44. The van der Waals surface area contributed by atoms with Crippen molar-refractivity contribution in [2.75, 3.05) is 19.7 Å². The second-order valence-electron chi connectivity index (χ2n) is 9.93. The number of nitrogens with zero attached hydrogens (tertiary/aromatic N) is 1. The van der Waals surface area contributed by atoms with Gasteiger partial charge in [-0.2, -0.15) is 0 Å². The third kappa shape index (κ3) is 5.46. The number of esters is 1. The Morgan fingerprint density at radius 1 is 1.03 bits per heavy atom. The predicted molar refractivity (Wildman–Crippen MR) is 117 cm³/mol. The van der Waals surface area contributed by atoms with E-state index < -0.39 is 5.97 Å². The normalized spacial score (nSPS) is 28.2. The maximum atomic E-state index is 12.5. The first-order valence-corrected chi connectivity index (χ1v) is 11.7. The van der Waals surface area contributed by atoms with Gasteiger partial charge in [0.15, 0.2) is 6.61 Å². The van der Waals surface area contributed by atoms with Crippen LogP contribution in [0.5, 0.6) is 0 Å². The molecule has 6 heteroatoms. The van der Waals surface area contributed by atoms with Crippen molar-refractivity contribution in [1.29, 1.82) is 0 Å². The molecule has 0 unspecified atom stereocenters. The van der Waals surface area contributed by atoms with Crippen LogP contribution in [-0.4, -0.2) is 42.4 Å². The van der Waals surface area contributed by atoms with Crippen LogP contribution in [0.3, 0.4) is 0 Å². The van der Waals surface area contributed by atoms with Crippen molar-refractivity contribution in [3.63, 3.8) is 0 Å². The van der Waals surface area contributed by atoms with Crippen LogP contribution in [0, 0.1) is 23.2 Å². The van der Waals surface area contributed by atoms with E-state index in [1.807, 2.05) is 37.3 Å². The fourth-order valence-electron chi connectivity index (χ4n) is 6.55. The monoisotopic (exact) mass is 426 g/mol. The number of nitrogens with one attached hydrogen (secondary N) is 1. The van der Waals surface area contributed by atoms with E-state index in [-0.39, 0.29) is 30.4 Å². The number of hydrogen-bond acceptors (Lipinski definition) is 4. The number of hydrogen-bond donors (Lipinski definition) is 1. The van der Waals surface area contributed by atoms with Crippen molar-refractivity contribution in [3.05, 3.63) is 35.9 Å².